The minimum Gasteiger partial charge on any atom is -0.142 e. The zero-order valence-corrected chi connectivity index (χ0v) is 11.6. The summed E-state index contributed by atoms with van der Waals surface area (Å²) in [6.07, 6.45) is 1.18. The number of nitrogens with zero attached hydrogens (tertiary/aromatic N) is 2. The van der Waals surface area contributed by atoms with Crippen LogP contribution in [0.3, 0.4) is 0 Å². The Bertz CT molecular complexity index is 514. The molecule has 4 heteroatoms. The van der Waals surface area contributed by atoms with Crippen LogP contribution in [-0.2, 0) is 0 Å². The van der Waals surface area contributed by atoms with E-state index in [1.165, 1.54) is 6.42 Å². The molecule has 2 rings (SSSR count). The number of benzene rings is 1. The third-order valence-corrected chi connectivity index (χ3v) is 3.84. The molecule has 0 saturated heterocycles. The zero-order chi connectivity index (χ0) is 12.3. The highest BCUT2D eigenvalue weighted by molar-refractivity contribution is 7.99. The maximum absolute atomic E-state index is 6.03. The standard InChI is InChI=1S/C13H15ClN2S/c1-9(2)7-8-17-13-11-6-4-3-5-10(11)12(14)15-16-13/h3-6,9H,7-8H2,1-2H3. The molecule has 0 aliphatic carbocycles. The van der Waals surface area contributed by atoms with Crippen molar-refractivity contribution >= 4 is 34.1 Å². The molecule has 1 heterocycles. The largest absolute Gasteiger partial charge is 0.159 e. The monoisotopic (exact) mass is 266 g/mol. The second-order valence-corrected chi connectivity index (χ2v) is 5.81. The lowest BCUT2D eigenvalue weighted by atomic mass is 10.2. The number of halogens is 1. The average molecular weight is 267 g/mol. The number of hydrogen-bond donors (Lipinski definition) is 0. The Morgan fingerprint density at radius 3 is 2.59 bits per heavy atom. The third kappa shape index (κ3) is 3.11. The molecule has 0 aliphatic rings. The summed E-state index contributed by atoms with van der Waals surface area (Å²) in [4.78, 5) is 0. The van der Waals surface area contributed by atoms with Crippen LogP contribution in [0.5, 0.6) is 0 Å². The molecule has 2 aromatic rings. The van der Waals surface area contributed by atoms with Crippen molar-refractivity contribution in [3.63, 3.8) is 0 Å². The van der Waals surface area contributed by atoms with Crippen molar-refractivity contribution in [1.82, 2.24) is 10.2 Å². The van der Waals surface area contributed by atoms with E-state index in [9.17, 15) is 0 Å². The highest BCUT2D eigenvalue weighted by Gasteiger charge is 2.07. The number of aromatic nitrogens is 2. The van der Waals surface area contributed by atoms with Crippen LogP contribution in [0.15, 0.2) is 29.3 Å². The van der Waals surface area contributed by atoms with Gasteiger partial charge in [0, 0.05) is 10.8 Å². The van der Waals surface area contributed by atoms with E-state index in [1.807, 2.05) is 24.3 Å². The Kier molecular flexibility index (Phi) is 4.24. The van der Waals surface area contributed by atoms with Crippen LogP contribution in [0.1, 0.15) is 20.3 Å². The first-order valence-corrected chi connectivity index (χ1v) is 7.08. The first-order chi connectivity index (χ1) is 8.18. The zero-order valence-electron chi connectivity index (χ0n) is 9.98. The predicted molar refractivity (Wildman–Crippen MR) is 74.7 cm³/mol. The van der Waals surface area contributed by atoms with Crippen molar-refractivity contribution in [3.8, 4) is 0 Å². The van der Waals surface area contributed by atoms with E-state index in [2.05, 4.69) is 24.0 Å². The van der Waals surface area contributed by atoms with E-state index in [4.69, 9.17) is 11.6 Å². The lowest BCUT2D eigenvalue weighted by Crippen LogP contribution is -1.93. The van der Waals surface area contributed by atoms with Crippen LogP contribution in [0.4, 0.5) is 0 Å². The minimum atomic E-state index is 0.480. The molecule has 1 aromatic heterocycles. The summed E-state index contributed by atoms with van der Waals surface area (Å²) in [5.74, 6) is 1.78. The van der Waals surface area contributed by atoms with Crippen molar-refractivity contribution < 1.29 is 0 Å². The topological polar surface area (TPSA) is 25.8 Å². The van der Waals surface area contributed by atoms with E-state index in [0.717, 1.165) is 21.6 Å². The number of hydrogen-bond acceptors (Lipinski definition) is 3. The van der Waals surface area contributed by atoms with Gasteiger partial charge in [-0.3, -0.25) is 0 Å². The quantitative estimate of drug-likeness (QED) is 0.766. The smallest absolute Gasteiger partial charge is 0.142 e. The SMILES string of the molecule is CC(C)CCSc1nnc(Cl)c2ccccc12. The van der Waals surface area contributed by atoms with Crippen molar-refractivity contribution in [3.05, 3.63) is 29.4 Å². The van der Waals surface area contributed by atoms with Gasteiger partial charge >= 0.3 is 0 Å². The Hall–Kier alpha value is -0.800. The fourth-order valence-electron chi connectivity index (χ4n) is 1.54. The molecule has 2 nitrogen and oxygen atoms in total. The summed E-state index contributed by atoms with van der Waals surface area (Å²) in [5, 5.41) is 11.7. The molecule has 0 spiro atoms. The molecule has 0 atom stereocenters. The summed E-state index contributed by atoms with van der Waals surface area (Å²) in [6, 6.07) is 8.01. The van der Waals surface area contributed by atoms with Crippen molar-refractivity contribution in [2.24, 2.45) is 5.92 Å². The van der Waals surface area contributed by atoms with Gasteiger partial charge in [0.05, 0.1) is 0 Å². The normalized spacial score (nSPS) is 11.3. The van der Waals surface area contributed by atoms with Gasteiger partial charge in [-0.15, -0.1) is 22.0 Å². The van der Waals surface area contributed by atoms with Crippen LogP contribution < -0.4 is 0 Å². The number of thioether (sulfide) groups is 1. The summed E-state index contributed by atoms with van der Waals surface area (Å²) in [6.45, 7) is 4.46. The summed E-state index contributed by atoms with van der Waals surface area (Å²) in [5.41, 5.74) is 0. The maximum Gasteiger partial charge on any atom is 0.159 e. The van der Waals surface area contributed by atoms with Crippen molar-refractivity contribution in [2.45, 2.75) is 25.3 Å². The Balaban J connectivity index is 2.26. The van der Waals surface area contributed by atoms with Gasteiger partial charge in [-0.25, -0.2) is 0 Å². The van der Waals surface area contributed by atoms with Gasteiger partial charge in [0.15, 0.2) is 5.15 Å². The molecule has 90 valence electrons. The second kappa shape index (κ2) is 5.69. The van der Waals surface area contributed by atoms with Crippen LogP contribution in [-0.4, -0.2) is 16.0 Å². The summed E-state index contributed by atoms with van der Waals surface area (Å²) >= 11 is 7.79. The van der Waals surface area contributed by atoms with Gasteiger partial charge in [-0.05, 0) is 18.1 Å². The van der Waals surface area contributed by atoms with Gasteiger partial charge in [0.1, 0.15) is 5.03 Å². The van der Waals surface area contributed by atoms with Gasteiger partial charge in [0.2, 0.25) is 0 Å². The molecule has 0 bridgehead atoms. The molecule has 17 heavy (non-hydrogen) atoms. The van der Waals surface area contributed by atoms with Crippen LogP contribution in [0.2, 0.25) is 5.15 Å². The van der Waals surface area contributed by atoms with Crippen LogP contribution >= 0.6 is 23.4 Å². The summed E-state index contributed by atoms with van der Waals surface area (Å²) < 4.78 is 0. The average Bonchev–Trinajstić information content (AvgIpc) is 2.32. The van der Waals surface area contributed by atoms with Gasteiger partial charge in [-0.2, -0.15) is 0 Å². The van der Waals surface area contributed by atoms with Gasteiger partial charge in [-0.1, -0.05) is 49.7 Å². The van der Waals surface area contributed by atoms with E-state index in [0.29, 0.717) is 11.1 Å². The highest BCUT2D eigenvalue weighted by Crippen LogP contribution is 2.29. The third-order valence-electron chi connectivity index (χ3n) is 2.54. The van der Waals surface area contributed by atoms with Crippen molar-refractivity contribution in [2.75, 3.05) is 5.75 Å². The lowest BCUT2D eigenvalue weighted by molar-refractivity contribution is 0.632. The van der Waals surface area contributed by atoms with Gasteiger partial charge < -0.3 is 0 Å². The Morgan fingerprint density at radius 2 is 1.88 bits per heavy atom. The molecule has 0 aliphatic heterocycles. The number of rotatable bonds is 4. The molecule has 0 radical (unpaired) electrons. The highest BCUT2D eigenvalue weighted by atomic mass is 35.5. The summed E-state index contributed by atoms with van der Waals surface area (Å²) in [7, 11) is 0. The Labute approximate surface area is 111 Å². The first kappa shape index (κ1) is 12.7. The fraction of sp³-hybridized carbons (Fsp3) is 0.385. The van der Waals surface area contributed by atoms with E-state index >= 15 is 0 Å². The molecular formula is C13H15ClN2S. The molecule has 0 unspecified atom stereocenters. The van der Waals surface area contributed by atoms with Crippen LogP contribution in [0, 0.1) is 5.92 Å². The molecular weight excluding hydrogens is 252 g/mol. The second-order valence-electron chi connectivity index (χ2n) is 4.37. The molecule has 0 saturated carbocycles. The maximum atomic E-state index is 6.03. The Morgan fingerprint density at radius 1 is 1.18 bits per heavy atom. The van der Waals surface area contributed by atoms with Crippen molar-refractivity contribution in [1.29, 1.82) is 0 Å². The van der Waals surface area contributed by atoms with E-state index in [-0.39, 0.29) is 0 Å². The van der Waals surface area contributed by atoms with E-state index < -0.39 is 0 Å². The molecule has 1 aromatic carbocycles. The first-order valence-electron chi connectivity index (χ1n) is 5.72. The van der Waals surface area contributed by atoms with E-state index in [1.54, 1.807) is 11.8 Å². The predicted octanol–water partition coefficient (Wildman–Crippen LogP) is 4.42. The minimum absolute atomic E-state index is 0.480. The fourth-order valence-corrected chi connectivity index (χ4v) is 2.96. The lowest BCUT2D eigenvalue weighted by Gasteiger charge is -2.06. The van der Waals surface area contributed by atoms with Gasteiger partial charge in [0.25, 0.3) is 0 Å². The molecule has 0 amide bonds. The van der Waals surface area contributed by atoms with Crippen LogP contribution in [0.25, 0.3) is 10.8 Å². The molecule has 0 fully saturated rings. The molecule has 0 N–H and O–H groups in total. The number of fused-ring (bicyclic) bond motifs is 1.